The van der Waals surface area contributed by atoms with Crippen LogP contribution in [0.5, 0.6) is 11.5 Å². The van der Waals surface area contributed by atoms with Crippen LogP contribution in [0.25, 0.3) is 0 Å². The Balaban J connectivity index is 2.42. The third kappa shape index (κ3) is 1.84. The van der Waals surface area contributed by atoms with E-state index in [4.69, 9.17) is 9.47 Å². The topological polar surface area (TPSA) is 55.8 Å². The summed E-state index contributed by atoms with van der Waals surface area (Å²) in [7, 11) is 0. The van der Waals surface area contributed by atoms with Crippen molar-refractivity contribution >= 4 is 5.97 Å². The van der Waals surface area contributed by atoms with Crippen LogP contribution in [-0.4, -0.2) is 23.3 Å². The number of aliphatic carboxylic acids is 1. The number of fused-ring (bicyclic) bond motifs is 1. The van der Waals surface area contributed by atoms with E-state index in [2.05, 4.69) is 0 Å². The van der Waals surface area contributed by atoms with E-state index in [9.17, 15) is 9.90 Å². The number of benzene rings is 1. The fourth-order valence-corrected chi connectivity index (χ4v) is 1.82. The normalized spacial score (nSPS) is 22.3. The van der Waals surface area contributed by atoms with Crippen LogP contribution in [0.2, 0.25) is 0 Å². The molecule has 0 bridgehead atoms. The van der Waals surface area contributed by atoms with Crippen LogP contribution in [-0.2, 0) is 4.79 Å². The molecule has 4 heteroatoms. The van der Waals surface area contributed by atoms with Crippen LogP contribution in [0.1, 0.15) is 24.5 Å². The number of aryl methyl sites for hydroxylation is 2. The van der Waals surface area contributed by atoms with Gasteiger partial charge < -0.3 is 14.6 Å². The van der Waals surface area contributed by atoms with Crippen molar-refractivity contribution in [3.8, 4) is 11.5 Å². The Kier molecular flexibility index (Phi) is 2.73. The zero-order valence-corrected chi connectivity index (χ0v) is 10.2. The van der Waals surface area contributed by atoms with E-state index in [1.165, 1.54) is 0 Å². The zero-order chi connectivity index (χ0) is 12.6. The van der Waals surface area contributed by atoms with Gasteiger partial charge in [0.15, 0.2) is 11.5 Å². The summed E-state index contributed by atoms with van der Waals surface area (Å²) in [6.07, 6.45) is 0.370. The molecule has 0 aliphatic carbocycles. The fourth-order valence-electron chi connectivity index (χ4n) is 1.82. The average Bonchev–Trinajstić information content (AvgIpc) is 2.30. The first-order chi connectivity index (χ1) is 7.98. The van der Waals surface area contributed by atoms with Gasteiger partial charge in [-0.25, -0.2) is 4.79 Å². The molecule has 17 heavy (non-hydrogen) atoms. The van der Waals surface area contributed by atoms with Gasteiger partial charge in [-0.15, -0.1) is 0 Å². The average molecular weight is 236 g/mol. The van der Waals surface area contributed by atoms with Crippen molar-refractivity contribution in [2.45, 2.75) is 32.8 Å². The van der Waals surface area contributed by atoms with E-state index in [-0.39, 0.29) is 6.61 Å². The highest BCUT2D eigenvalue weighted by Crippen LogP contribution is 2.38. The molecule has 0 saturated heterocycles. The molecular formula is C13H16O4. The zero-order valence-electron chi connectivity index (χ0n) is 10.2. The maximum absolute atomic E-state index is 11.3. The number of carboxylic acid groups (broad SMARTS) is 1. The molecule has 4 nitrogen and oxygen atoms in total. The summed E-state index contributed by atoms with van der Waals surface area (Å²) in [4.78, 5) is 11.3. The summed E-state index contributed by atoms with van der Waals surface area (Å²) in [5.74, 6) is 0.158. The Labute approximate surface area is 100 Å². The van der Waals surface area contributed by atoms with Gasteiger partial charge in [0.2, 0.25) is 5.60 Å². The van der Waals surface area contributed by atoms with Crippen molar-refractivity contribution in [2.75, 3.05) is 6.61 Å². The van der Waals surface area contributed by atoms with Crippen LogP contribution < -0.4 is 9.47 Å². The quantitative estimate of drug-likeness (QED) is 0.856. The van der Waals surface area contributed by atoms with E-state index in [0.717, 1.165) is 11.1 Å². The van der Waals surface area contributed by atoms with Gasteiger partial charge in [-0.3, -0.25) is 0 Å². The van der Waals surface area contributed by atoms with E-state index < -0.39 is 11.6 Å². The standard InChI is InChI=1S/C13H16O4/c1-4-13(12(14)15)7-16-10-5-8(2)9(3)6-11(10)17-13/h5-6H,4,7H2,1-3H3,(H,14,15). The molecule has 2 rings (SSSR count). The minimum atomic E-state index is -1.26. The Bertz CT molecular complexity index is 467. The van der Waals surface area contributed by atoms with Crippen LogP contribution in [0.3, 0.4) is 0 Å². The van der Waals surface area contributed by atoms with Crippen LogP contribution in [0, 0.1) is 13.8 Å². The molecule has 1 aromatic carbocycles. The minimum absolute atomic E-state index is 0.0499. The smallest absolute Gasteiger partial charge is 0.351 e. The van der Waals surface area contributed by atoms with Crippen LogP contribution >= 0.6 is 0 Å². The van der Waals surface area contributed by atoms with Crippen LogP contribution in [0.15, 0.2) is 12.1 Å². The summed E-state index contributed by atoms with van der Waals surface area (Å²) in [5.41, 5.74) is 0.908. The molecule has 1 atom stereocenters. The third-order valence-electron chi connectivity index (χ3n) is 3.29. The monoisotopic (exact) mass is 236 g/mol. The third-order valence-corrected chi connectivity index (χ3v) is 3.29. The molecule has 0 fully saturated rings. The predicted molar refractivity (Wildman–Crippen MR) is 62.7 cm³/mol. The summed E-state index contributed by atoms with van der Waals surface area (Å²) in [6, 6.07) is 3.71. The molecule has 1 N–H and O–H groups in total. The second-order valence-electron chi connectivity index (χ2n) is 4.43. The lowest BCUT2D eigenvalue weighted by molar-refractivity contribution is -0.160. The highest BCUT2D eigenvalue weighted by atomic mass is 16.6. The van der Waals surface area contributed by atoms with Crippen LogP contribution in [0.4, 0.5) is 0 Å². The molecule has 0 radical (unpaired) electrons. The molecule has 1 aliphatic rings. The number of carbonyl (C=O) groups is 1. The molecule has 0 aromatic heterocycles. The first kappa shape index (κ1) is 11.8. The Morgan fingerprint density at radius 3 is 2.47 bits per heavy atom. The second kappa shape index (κ2) is 3.95. The summed E-state index contributed by atoms with van der Waals surface area (Å²) in [5, 5.41) is 9.23. The highest BCUT2D eigenvalue weighted by Gasteiger charge is 2.44. The molecule has 1 heterocycles. The molecule has 1 aliphatic heterocycles. The summed E-state index contributed by atoms with van der Waals surface area (Å²) >= 11 is 0. The van der Waals surface area contributed by atoms with Gasteiger partial charge in [-0.1, -0.05) is 6.92 Å². The largest absolute Gasteiger partial charge is 0.485 e. The van der Waals surface area contributed by atoms with Crippen molar-refractivity contribution in [3.05, 3.63) is 23.3 Å². The Morgan fingerprint density at radius 1 is 1.35 bits per heavy atom. The lowest BCUT2D eigenvalue weighted by Crippen LogP contribution is -2.51. The minimum Gasteiger partial charge on any atom is -0.485 e. The van der Waals surface area contributed by atoms with E-state index >= 15 is 0 Å². The second-order valence-corrected chi connectivity index (χ2v) is 4.43. The molecule has 1 aromatic rings. The molecule has 0 amide bonds. The maximum Gasteiger partial charge on any atom is 0.351 e. The van der Waals surface area contributed by atoms with Crippen molar-refractivity contribution < 1.29 is 19.4 Å². The summed E-state index contributed by atoms with van der Waals surface area (Å²) < 4.78 is 11.2. The summed E-state index contributed by atoms with van der Waals surface area (Å²) in [6.45, 7) is 5.78. The first-order valence-electron chi connectivity index (χ1n) is 5.65. The molecular weight excluding hydrogens is 220 g/mol. The van der Waals surface area contributed by atoms with Gasteiger partial charge in [-0.2, -0.15) is 0 Å². The van der Waals surface area contributed by atoms with E-state index in [1.54, 1.807) is 6.92 Å². The lowest BCUT2D eigenvalue weighted by Gasteiger charge is -2.34. The highest BCUT2D eigenvalue weighted by molar-refractivity contribution is 5.79. The predicted octanol–water partition coefficient (Wildman–Crippen LogP) is 2.31. The molecule has 0 saturated carbocycles. The number of rotatable bonds is 2. The van der Waals surface area contributed by atoms with Crippen molar-refractivity contribution in [1.29, 1.82) is 0 Å². The van der Waals surface area contributed by atoms with Crippen molar-refractivity contribution in [3.63, 3.8) is 0 Å². The molecule has 92 valence electrons. The molecule has 1 unspecified atom stereocenters. The Morgan fingerprint density at radius 2 is 1.94 bits per heavy atom. The number of hydrogen-bond donors (Lipinski definition) is 1. The van der Waals surface area contributed by atoms with Gasteiger partial charge in [0.1, 0.15) is 6.61 Å². The number of ether oxygens (including phenoxy) is 2. The van der Waals surface area contributed by atoms with Crippen molar-refractivity contribution in [1.82, 2.24) is 0 Å². The van der Waals surface area contributed by atoms with Gasteiger partial charge in [0, 0.05) is 0 Å². The van der Waals surface area contributed by atoms with E-state index in [1.807, 2.05) is 26.0 Å². The maximum atomic E-state index is 11.3. The van der Waals surface area contributed by atoms with Gasteiger partial charge in [0.05, 0.1) is 0 Å². The number of hydrogen-bond acceptors (Lipinski definition) is 3. The number of carboxylic acids is 1. The molecule has 0 spiro atoms. The van der Waals surface area contributed by atoms with Gasteiger partial charge >= 0.3 is 5.97 Å². The Hall–Kier alpha value is -1.71. The SMILES string of the molecule is CCC1(C(=O)O)COc2cc(C)c(C)cc2O1. The fraction of sp³-hybridized carbons (Fsp3) is 0.462. The van der Waals surface area contributed by atoms with Crippen molar-refractivity contribution in [2.24, 2.45) is 0 Å². The van der Waals surface area contributed by atoms with E-state index in [0.29, 0.717) is 17.9 Å². The van der Waals surface area contributed by atoms with Gasteiger partial charge in [0.25, 0.3) is 0 Å². The van der Waals surface area contributed by atoms with Gasteiger partial charge in [-0.05, 0) is 43.5 Å². The first-order valence-corrected chi connectivity index (χ1v) is 5.65. The lowest BCUT2D eigenvalue weighted by atomic mass is 10.00.